The molecule has 1 saturated heterocycles. The van der Waals surface area contributed by atoms with Crippen LogP contribution in [0.25, 0.3) is 11.0 Å². The van der Waals surface area contributed by atoms with E-state index in [-0.39, 0.29) is 54.3 Å². The zero-order chi connectivity index (χ0) is 19.3. The Kier molecular flexibility index (Phi) is 10.2. The number of allylic oxidation sites excluding steroid dienone is 1. The first-order valence-electron chi connectivity index (χ1n) is 9.65. The summed E-state index contributed by atoms with van der Waals surface area (Å²) in [4.78, 5) is 16.8. The Labute approximate surface area is 216 Å². The second-order valence-corrected chi connectivity index (χ2v) is 7.78. The van der Waals surface area contributed by atoms with Crippen molar-refractivity contribution in [2.45, 2.75) is 25.7 Å². The van der Waals surface area contributed by atoms with Gasteiger partial charge in [-0.1, -0.05) is 29.7 Å². The molecule has 0 atom stereocenters. The Morgan fingerprint density at radius 3 is 2.53 bits per heavy atom. The molecule has 0 bridgehead atoms. The molecule has 2 aromatic rings. The van der Waals surface area contributed by atoms with E-state index in [4.69, 9.17) is 16.3 Å². The Morgan fingerprint density at radius 1 is 1.17 bits per heavy atom. The molecule has 4 rings (SSSR count). The third-order valence-corrected chi connectivity index (χ3v) is 5.45. The molecule has 1 aromatic carbocycles. The minimum absolute atomic E-state index is 0. The largest absolute Gasteiger partial charge is 0.662 e. The standard InChI is InChI=1S/C22H23ClN3O2.CH3.Pr/c23-18-5-6-19(25-14-18)15-28-21-9-10-26(22(27)11-21)20-7-3-16(4-8-20)1-2-17-12-24-13-17;;/h3-4,7-11,14,17H,1-2,5-6,12-13,15H2;1H3;/q2*-1;. The third kappa shape index (κ3) is 6.75. The number of aliphatic imine (C=N–C) groups is 1. The molecule has 3 heterocycles. The quantitative estimate of drug-likeness (QED) is 0.458. The summed E-state index contributed by atoms with van der Waals surface area (Å²) in [7, 11) is 0. The molecule has 7 heteroatoms. The topological polar surface area (TPSA) is 57.7 Å². The molecule has 1 radical (unpaired) electrons. The predicted molar refractivity (Wildman–Crippen MR) is 119 cm³/mol. The van der Waals surface area contributed by atoms with E-state index in [9.17, 15) is 4.79 Å². The van der Waals surface area contributed by atoms with Gasteiger partial charge in [0.05, 0.1) is 5.71 Å². The Morgan fingerprint density at radius 2 is 1.93 bits per heavy atom. The molecule has 5 nitrogen and oxygen atoms in total. The number of hydrogen-bond acceptors (Lipinski definition) is 3. The van der Waals surface area contributed by atoms with Crippen molar-refractivity contribution < 1.29 is 46.0 Å². The van der Waals surface area contributed by atoms with Crippen LogP contribution < -0.4 is 10.3 Å². The number of ether oxygens (including phenoxy) is 1. The van der Waals surface area contributed by atoms with Crippen LogP contribution in [0.2, 0.25) is 0 Å². The van der Waals surface area contributed by atoms with Gasteiger partial charge in [-0.05, 0) is 49.4 Å². The van der Waals surface area contributed by atoms with Crippen molar-refractivity contribution in [3.05, 3.63) is 82.5 Å². The number of halogens is 1. The van der Waals surface area contributed by atoms with E-state index >= 15 is 0 Å². The molecular weight excluding hydrogens is 527 g/mol. The molecule has 1 aromatic heterocycles. The van der Waals surface area contributed by atoms with Gasteiger partial charge in [0, 0.05) is 70.5 Å². The van der Waals surface area contributed by atoms with Crippen molar-refractivity contribution in [1.82, 2.24) is 4.57 Å². The normalized spacial score (nSPS) is 15.8. The molecular formula is C23H26ClN3O2Pr-2. The monoisotopic (exact) mass is 552 g/mol. The zero-order valence-corrected chi connectivity index (χ0v) is 21.7. The van der Waals surface area contributed by atoms with E-state index in [0.29, 0.717) is 12.4 Å². The fourth-order valence-electron chi connectivity index (χ4n) is 3.28. The van der Waals surface area contributed by atoms with Crippen LogP contribution >= 0.6 is 11.6 Å². The van der Waals surface area contributed by atoms with E-state index in [1.807, 2.05) is 18.2 Å². The average Bonchev–Trinajstić information content (AvgIpc) is 2.67. The van der Waals surface area contributed by atoms with Crippen LogP contribution in [0.1, 0.15) is 24.8 Å². The van der Waals surface area contributed by atoms with Crippen molar-refractivity contribution in [2.75, 3.05) is 19.7 Å². The van der Waals surface area contributed by atoms with Gasteiger partial charge in [0.15, 0.2) is 0 Å². The van der Waals surface area contributed by atoms with Crippen molar-refractivity contribution in [3.8, 4) is 11.4 Å². The first-order valence-corrected chi connectivity index (χ1v) is 10.0. The molecule has 1 fully saturated rings. The van der Waals surface area contributed by atoms with Gasteiger partial charge in [0.25, 0.3) is 5.56 Å². The van der Waals surface area contributed by atoms with E-state index in [2.05, 4.69) is 22.4 Å². The minimum Gasteiger partial charge on any atom is -0.662 e. The summed E-state index contributed by atoms with van der Waals surface area (Å²) in [5, 5.41) is 5.02. The van der Waals surface area contributed by atoms with E-state index in [0.717, 1.165) is 54.7 Å². The second kappa shape index (κ2) is 12.1. The van der Waals surface area contributed by atoms with Gasteiger partial charge >= 0.3 is 0 Å². The van der Waals surface area contributed by atoms with Crippen LogP contribution in [-0.4, -0.2) is 30.0 Å². The number of hydrogen-bond donors (Lipinski definition) is 0. The number of aryl methyl sites for hydroxylation is 1. The average molecular weight is 553 g/mol. The van der Waals surface area contributed by atoms with E-state index in [1.54, 1.807) is 17.0 Å². The Balaban J connectivity index is 0.00000160. The molecule has 0 saturated carbocycles. The van der Waals surface area contributed by atoms with Gasteiger partial charge in [0.2, 0.25) is 0 Å². The van der Waals surface area contributed by atoms with Crippen LogP contribution in [-0.2, 0) is 6.42 Å². The summed E-state index contributed by atoms with van der Waals surface area (Å²) in [5.74, 6) is 1.30. The van der Waals surface area contributed by atoms with Gasteiger partial charge in [0.1, 0.15) is 12.4 Å². The Hall–Kier alpha value is -1.01. The molecule has 0 spiro atoms. The maximum Gasteiger partial charge on any atom is 0.258 e. The molecule has 2 aliphatic heterocycles. The number of aromatic nitrogens is 1. The van der Waals surface area contributed by atoms with E-state index in [1.165, 1.54) is 18.1 Å². The Bertz CT molecular complexity index is 950. The second-order valence-electron chi connectivity index (χ2n) is 7.29. The fourth-order valence-corrected chi connectivity index (χ4v) is 3.43. The van der Waals surface area contributed by atoms with Crippen LogP contribution in [0.3, 0.4) is 0 Å². The zero-order valence-electron chi connectivity index (χ0n) is 17.3. The molecule has 2 aliphatic rings. The van der Waals surface area contributed by atoms with Crippen molar-refractivity contribution in [1.29, 1.82) is 0 Å². The molecule has 0 amide bonds. The maximum absolute atomic E-state index is 12.5. The molecule has 30 heavy (non-hydrogen) atoms. The molecule has 0 aliphatic carbocycles. The first-order chi connectivity index (χ1) is 13.7. The number of pyridine rings is 1. The number of benzene rings is 1. The molecule has 157 valence electrons. The van der Waals surface area contributed by atoms with Crippen LogP contribution in [0.5, 0.6) is 5.75 Å². The van der Waals surface area contributed by atoms with Crippen LogP contribution in [0.15, 0.2) is 63.6 Å². The molecule has 0 N–H and O–H groups in total. The van der Waals surface area contributed by atoms with Gasteiger partial charge in [-0.3, -0.25) is 14.4 Å². The van der Waals surface area contributed by atoms with E-state index < -0.39 is 0 Å². The first kappa shape index (κ1) is 25.3. The number of nitrogens with zero attached hydrogens (tertiary/aromatic N) is 3. The third-order valence-electron chi connectivity index (χ3n) is 5.17. The van der Waals surface area contributed by atoms with Gasteiger partial charge < -0.3 is 17.5 Å². The van der Waals surface area contributed by atoms with Crippen molar-refractivity contribution in [3.63, 3.8) is 0 Å². The van der Waals surface area contributed by atoms with Gasteiger partial charge in [-0.15, -0.1) is 13.1 Å². The van der Waals surface area contributed by atoms with Crippen LogP contribution in [0.4, 0.5) is 0 Å². The van der Waals surface area contributed by atoms with Crippen molar-refractivity contribution >= 4 is 17.3 Å². The molecule has 0 unspecified atom stereocenters. The van der Waals surface area contributed by atoms with Crippen LogP contribution in [0, 0.1) is 54.6 Å². The number of rotatable bonds is 7. The smallest absolute Gasteiger partial charge is 0.258 e. The summed E-state index contributed by atoms with van der Waals surface area (Å²) >= 11 is 5.91. The fraction of sp³-hybridized carbons (Fsp3) is 0.348. The summed E-state index contributed by atoms with van der Waals surface area (Å²) < 4.78 is 7.34. The summed E-state index contributed by atoms with van der Waals surface area (Å²) in [6.07, 6.45) is 7.23. The van der Waals surface area contributed by atoms with Gasteiger partial charge in [-0.2, -0.15) is 0 Å². The summed E-state index contributed by atoms with van der Waals surface area (Å²) in [5.41, 5.74) is 2.97. The van der Waals surface area contributed by atoms with Gasteiger partial charge in [-0.25, -0.2) is 0 Å². The summed E-state index contributed by atoms with van der Waals surface area (Å²) in [6.45, 7) is 2.40. The minimum atomic E-state index is -0.116. The van der Waals surface area contributed by atoms with Crippen molar-refractivity contribution in [2.24, 2.45) is 10.9 Å². The SMILES string of the molecule is O=c1cc(OCC2=NC=C(Cl)CC2)ccn1-c1ccc(CCC2C[N-]C2)cc1.[CH3-].[Pr]. The predicted octanol–water partition coefficient (Wildman–Crippen LogP) is 4.92. The maximum atomic E-state index is 12.5. The summed E-state index contributed by atoms with van der Waals surface area (Å²) in [6, 6.07) is 11.5.